The Kier molecular flexibility index (Phi) is 9.89. The molecule has 0 aliphatic rings. The van der Waals surface area contributed by atoms with Gasteiger partial charge in [0, 0.05) is 32.9 Å². The summed E-state index contributed by atoms with van der Waals surface area (Å²) in [6.07, 6.45) is 0. The molecule has 0 aliphatic carbocycles. The van der Waals surface area contributed by atoms with Gasteiger partial charge in [-0.25, -0.2) is 4.39 Å². The van der Waals surface area contributed by atoms with Crippen LogP contribution in [0.1, 0.15) is 16.1 Å². The first-order chi connectivity index (χ1) is 12.4. The van der Waals surface area contributed by atoms with Crippen LogP contribution < -0.4 is 16.0 Å². The van der Waals surface area contributed by atoms with E-state index in [1.54, 1.807) is 23.7 Å². The molecule has 1 aromatic carbocycles. The predicted molar refractivity (Wildman–Crippen MR) is 118 cm³/mol. The molecule has 0 radical (unpaired) electrons. The molecule has 0 saturated heterocycles. The molecular formula is C17H21Cl2FIN5O. The van der Waals surface area contributed by atoms with Crippen LogP contribution in [-0.4, -0.2) is 36.6 Å². The molecule has 10 heteroatoms. The van der Waals surface area contributed by atoms with E-state index in [4.69, 9.17) is 23.2 Å². The van der Waals surface area contributed by atoms with Gasteiger partial charge in [-0.1, -0.05) is 35.3 Å². The maximum Gasteiger partial charge on any atom is 0.254 e. The number of guanidine groups is 1. The van der Waals surface area contributed by atoms with Crippen LogP contribution in [-0.2, 0) is 13.6 Å². The zero-order valence-electron chi connectivity index (χ0n) is 14.9. The molecule has 6 nitrogen and oxygen atoms in total. The Hall–Kier alpha value is -1.52. The number of aliphatic imine (C=N–C) groups is 1. The monoisotopic (exact) mass is 527 g/mol. The molecule has 2 rings (SSSR count). The maximum atomic E-state index is 13.5. The Morgan fingerprint density at radius 3 is 2.44 bits per heavy atom. The van der Waals surface area contributed by atoms with Crippen molar-refractivity contribution in [2.45, 2.75) is 6.54 Å². The number of rotatable bonds is 6. The number of aromatic nitrogens is 1. The maximum absolute atomic E-state index is 13.5. The van der Waals surface area contributed by atoms with Crippen LogP contribution in [0.25, 0.3) is 0 Å². The molecule has 0 unspecified atom stereocenters. The van der Waals surface area contributed by atoms with Crippen molar-refractivity contribution in [2.75, 3.05) is 20.1 Å². The molecule has 0 atom stereocenters. The number of nitrogens with zero attached hydrogens (tertiary/aromatic N) is 2. The Morgan fingerprint density at radius 1 is 1.19 bits per heavy atom. The lowest BCUT2D eigenvalue weighted by Gasteiger charge is -2.13. The van der Waals surface area contributed by atoms with Gasteiger partial charge < -0.3 is 20.5 Å². The molecule has 3 N–H and O–H groups in total. The van der Waals surface area contributed by atoms with Gasteiger partial charge in [0.05, 0.1) is 17.1 Å². The summed E-state index contributed by atoms with van der Waals surface area (Å²) in [6, 6.07) is 7.62. The number of carbonyl (C=O) groups excluding carboxylic acids is 1. The predicted octanol–water partition coefficient (Wildman–Crippen LogP) is 3.18. The number of carbonyl (C=O) groups is 1. The smallest absolute Gasteiger partial charge is 0.254 e. The Balaban J connectivity index is 0.00000364. The van der Waals surface area contributed by atoms with Gasteiger partial charge in [-0.2, -0.15) is 0 Å². The van der Waals surface area contributed by atoms with E-state index in [0.717, 1.165) is 5.69 Å². The van der Waals surface area contributed by atoms with Gasteiger partial charge in [0.2, 0.25) is 0 Å². The molecule has 1 heterocycles. The molecular weight excluding hydrogens is 507 g/mol. The first-order valence-electron chi connectivity index (χ1n) is 7.91. The molecule has 2 aromatic rings. The second-order valence-electron chi connectivity index (χ2n) is 5.42. The third kappa shape index (κ3) is 6.54. The standard InChI is InChI=1S/C17H20Cl2FN5O.HI/c1-21-17(24-10-11-9-13(18)15(19)25(11)2)23-8-7-22-16(26)12-5-3-4-6-14(12)20;/h3-6,9H,7-8,10H2,1-2H3,(H,22,26)(H2,21,23,24);1H. The normalized spacial score (nSPS) is 10.9. The molecule has 27 heavy (non-hydrogen) atoms. The Bertz CT molecular complexity index is 813. The van der Waals surface area contributed by atoms with E-state index in [1.807, 2.05) is 7.05 Å². The van der Waals surface area contributed by atoms with Crippen molar-refractivity contribution in [2.24, 2.45) is 12.0 Å². The average Bonchev–Trinajstić information content (AvgIpc) is 2.88. The van der Waals surface area contributed by atoms with Crippen LogP contribution in [0, 0.1) is 5.82 Å². The zero-order chi connectivity index (χ0) is 19.1. The van der Waals surface area contributed by atoms with Gasteiger partial charge in [-0.3, -0.25) is 9.79 Å². The van der Waals surface area contributed by atoms with Crippen molar-refractivity contribution in [3.63, 3.8) is 0 Å². The van der Waals surface area contributed by atoms with E-state index in [-0.39, 0.29) is 29.5 Å². The topological polar surface area (TPSA) is 70.4 Å². The second-order valence-corrected chi connectivity index (χ2v) is 6.19. The summed E-state index contributed by atoms with van der Waals surface area (Å²) in [5.41, 5.74) is 0.920. The van der Waals surface area contributed by atoms with Crippen LogP contribution in [0.5, 0.6) is 0 Å². The molecule has 0 fully saturated rings. The van der Waals surface area contributed by atoms with Crippen LogP contribution in [0.2, 0.25) is 10.2 Å². The molecule has 0 spiro atoms. The SMILES string of the molecule is CN=C(NCCNC(=O)c1ccccc1F)NCc1cc(Cl)c(Cl)n1C.I. The zero-order valence-corrected chi connectivity index (χ0v) is 18.7. The number of nitrogens with one attached hydrogen (secondary N) is 3. The van der Waals surface area contributed by atoms with E-state index in [0.29, 0.717) is 35.8 Å². The minimum Gasteiger partial charge on any atom is -0.355 e. The van der Waals surface area contributed by atoms with Crippen molar-refractivity contribution in [3.8, 4) is 0 Å². The first kappa shape index (κ1) is 23.5. The highest BCUT2D eigenvalue weighted by atomic mass is 127. The van der Waals surface area contributed by atoms with Gasteiger partial charge >= 0.3 is 0 Å². The summed E-state index contributed by atoms with van der Waals surface area (Å²) >= 11 is 12.0. The average molecular weight is 528 g/mol. The van der Waals surface area contributed by atoms with E-state index < -0.39 is 11.7 Å². The highest BCUT2D eigenvalue weighted by Gasteiger charge is 2.11. The highest BCUT2D eigenvalue weighted by molar-refractivity contribution is 14.0. The molecule has 0 aliphatic heterocycles. The third-order valence-corrected chi connectivity index (χ3v) is 4.54. The minimum absolute atomic E-state index is 0. The summed E-state index contributed by atoms with van der Waals surface area (Å²) in [4.78, 5) is 16.0. The molecule has 148 valence electrons. The number of hydrogen-bond acceptors (Lipinski definition) is 2. The van der Waals surface area contributed by atoms with Crippen molar-refractivity contribution >= 4 is 59.0 Å². The van der Waals surface area contributed by atoms with Crippen LogP contribution >= 0.6 is 47.2 Å². The van der Waals surface area contributed by atoms with Crippen molar-refractivity contribution in [3.05, 3.63) is 57.6 Å². The lowest BCUT2D eigenvalue weighted by molar-refractivity contribution is 0.0950. The molecule has 1 aromatic heterocycles. The Morgan fingerprint density at radius 2 is 1.85 bits per heavy atom. The molecule has 0 saturated carbocycles. The van der Waals surface area contributed by atoms with E-state index in [2.05, 4.69) is 20.9 Å². The first-order valence-corrected chi connectivity index (χ1v) is 8.66. The number of hydrogen-bond donors (Lipinski definition) is 3. The summed E-state index contributed by atoms with van der Waals surface area (Å²) in [5.74, 6) is -0.449. The van der Waals surface area contributed by atoms with Gasteiger partial charge in [0.1, 0.15) is 11.0 Å². The number of benzene rings is 1. The van der Waals surface area contributed by atoms with Gasteiger partial charge in [0.25, 0.3) is 5.91 Å². The lowest BCUT2D eigenvalue weighted by Crippen LogP contribution is -2.41. The van der Waals surface area contributed by atoms with Crippen LogP contribution in [0.15, 0.2) is 35.3 Å². The highest BCUT2D eigenvalue weighted by Crippen LogP contribution is 2.24. The van der Waals surface area contributed by atoms with Crippen molar-refractivity contribution in [1.29, 1.82) is 0 Å². The van der Waals surface area contributed by atoms with Gasteiger partial charge in [-0.05, 0) is 18.2 Å². The fourth-order valence-electron chi connectivity index (χ4n) is 2.25. The fourth-order valence-corrected chi connectivity index (χ4v) is 2.67. The van der Waals surface area contributed by atoms with E-state index in [9.17, 15) is 9.18 Å². The van der Waals surface area contributed by atoms with Crippen LogP contribution in [0.3, 0.4) is 0 Å². The Labute approximate surface area is 184 Å². The third-order valence-electron chi connectivity index (χ3n) is 3.70. The quantitative estimate of drug-likeness (QED) is 0.234. The molecule has 0 bridgehead atoms. The summed E-state index contributed by atoms with van der Waals surface area (Å²) < 4.78 is 15.3. The summed E-state index contributed by atoms with van der Waals surface area (Å²) in [7, 11) is 3.46. The fraction of sp³-hybridized carbons (Fsp3) is 0.294. The largest absolute Gasteiger partial charge is 0.355 e. The van der Waals surface area contributed by atoms with E-state index in [1.165, 1.54) is 18.2 Å². The lowest BCUT2D eigenvalue weighted by atomic mass is 10.2. The van der Waals surface area contributed by atoms with Crippen LogP contribution in [0.4, 0.5) is 4.39 Å². The van der Waals surface area contributed by atoms with Gasteiger partial charge in [0.15, 0.2) is 5.96 Å². The van der Waals surface area contributed by atoms with Crippen molar-refractivity contribution < 1.29 is 9.18 Å². The molecule has 1 amide bonds. The number of amides is 1. The second kappa shape index (κ2) is 11.4. The summed E-state index contributed by atoms with van der Waals surface area (Å²) in [5, 5.41) is 9.80. The van der Waals surface area contributed by atoms with Crippen molar-refractivity contribution in [1.82, 2.24) is 20.5 Å². The minimum atomic E-state index is -0.546. The number of halogens is 4. The van der Waals surface area contributed by atoms with E-state index >= 15 is 0 Å². The van der Waals surface area contributed by atoms with Gasteiger partial charge in [-0.15, -0.1) is 24.0 Å². The summed E-state index contributed by atoms with van der Waals surface area (Å²) in [6.45, 7) is 1.22.